The first-order valence-corrected chi connectivity index (χ1v) is 10.7. The summed E-state index contributed by atoms with van der Waals surface area (Å²) in [5.74, 6) is 0.216. The normalized spacial score (nSPS) is 15.9. The summed E-state index contributed by atoms with van der Waals surface area (Å²) in [6.45, 7) is 2.85. The maximum atomic E-state index is 13.4. The van der Waals surface area contributed by atoms with E-state index in [9.17, 15) is 4.79 Å². The number of H-pyrrole nitrogens is 1. The van der Waals surface area contributed by atoms with Crippen LogP contribution in [-0.2, 0) is 17.6 Å². The van der Waals surface area contributed by atoms with Gasteiger partial charge in [-0.3, -0.25) is 4.79 Å². The Morgan fingerprint density at radius 1 is 0.967 bits per heavy atom. The lowest BCUT2D eigenvalue weighted by atomic mass is 9.91. The molecule has 3 heteroatoms. The number of hydrogen-bond donors (Lipinski definition) is 1. The summed E-state index contributed by atoms with van der Waals surface area (Å²) in [5.41, 5.74) is 7.27. The third-order valence-corrected chi connectivity index (χ3v) is 6.22. The van der Waals surface area contributed by atoms with E-state index in [-0.39, 0.29) is 11.9 Å². The van der Waals surface area contributed by atoms with Gasteiger partial charge in [-0.2, -0.15) is 0 Å². The van der Waals surface area contributed by atoms with E-state index < -0.39 is 0 Å². The van der Waals surface area contributed by atoms with Crippen molar-refractivity contribution < 1.29 is 4.79 Å². The smallest absolute Gasteiger partial charge is 0.223 e. The number of amides is 1. The fraction of sp³-hybridized carbons (Fsp3) is 0.222. The second-order valence-corrected chi connectivity index (χ2v) is 8.20. The number of nitrogens with one attached hydrogen (secondary N) is 1. The van der Waals surface area contributed by atoms with Gasteiger partial charge in [0.1, 0.15) is 0 Å². The van der Waals surface area contributed by atoms with Gasteiger partial charge in [0, 0.05) is 29.6 Å². The minimum Gasteiger partial charge on any atom is -0.356 e. The van der Waals surface area contributed by atoms with E-state index in [0.717, 1.165) is 24.9 Å². The maximum Gasteiger partial charge on any atom is 0.223 e. The molecule has 1 aromatic heterocycles. The average molecular weight is 395 g/mol. The Balaban J connectivity index is 1.51. The molecule has 3 aromatic carbocycles. The molecule has 150 valence electrons. The number of nitrogens with zero attached hydrogens (tertiary/aromatic N) is 1. The fourth-order valence-corrected chi connectivity index (χ4v) is 4.64. The molecule has 4 aromatic rings. The van der Waals surface area contributed by atoms with Gasteiger partial charge in [-0.05, 0) is 42.5 Å². The first-order chi connectivity index (χ1) is 14.7. The Bertz CT molecular complexity index is 1170. The molecule has 1 N–H and O–H groups in total. The molecule has 0 saturated carbocycles. The minimum atomic E-state index is -0.0648. The number of aromatic nitrogens is 1. The van der Waals surface area contributed by atoms with Crippen LogP contribution in [0.1, 0.15) is 40.4 Å². The van der Waals surface area contributed by atoms with Gasteiger partial charge in [-0.1, -0.05) is 78.4 Å². The second kappa shape index (κ2) is 7.83. The molecule has 2 heterocycles. The lowest BCUT2D eigenvalue weighted by Crippen LogP contribution is -2.40. The molecule has 0 aliphatic carbocycles. The summed E-state index contributed by atoms with van der Waals surface area (Å²) in [6, 6.07) is 27.3. The van der Waals surface area contributed by atoms with Crippen molar-refractivity contribution in [2.45, 2.75) is 32.2 Å². The maximum absolute atomic E-state index is 13.4. The Hall–Kier alpha value is -3.33. The van der Waals surface area contributed by atoms with Gasteiger partial charge in [0.2, 0.25) is 5.91 Å². The summed E-state index contributed by atoms with van der Waals surface area (Å²) >= 11 is 0. The van der Waals surface area contributed by atoms with E-state index >= 15 is 0 Å². The van der Waals surface area contributed by atoms with Crippen LogP contribution in [0.2, 0.25) is 0 Å². The molecule has 0 spiro atoms. The first kappa shape index (κ1) is 18.7. The highest BCUT2D eigenvalue weighted by Crippen LogP contribution is 2.38. The largest absolute Gasteiger partial charge is 0.356 e. The van der Waals surface area contributed by atoms with E-state index in [1.54, 1.807) is 0 Å². The minimum absolute atomic E-state index is 0.0648. The molecule has 1 atom stereocenters. The summed E-state index contributed by atoms with van der Waals surface area (Å²) < 4.78 is 0. The van der Waals surface area contributed by atoms with Gasteiger partial charge >= 0.3 is 0 Å². The molecule has 1 aliphatic rings. The third-order valence-electron chi connectivity index (χ3n) is 6.22. The van der Waals surface area contributed by atoms with Gasteiger partial charge in [-0.15, -0.1) is 0 Å². The zero-order chi connectivity index (χ0) is 20.5. The van der Waals surface area contributed by atoms with Gasteiger partial charge in [0.25, 0.3) is 0 Å². The van der Waals surface area contributed by atoms with E-state index in [1.165, 1.54) is 33.3 Å². The SMILES string of the molecule is Cc1ccc([C@@H]2c3[nH]c4ccccc4c3CCN2C(=O)CCc2ccccc2)cc1. The zero-order valence-corrected chi connectivity index (χ0v) is 17.3. The highest BCUT2D eigenvalue weighted by atomic mass is 16.2. The molecule has 30 heavy (non-hydrogen) atoms. The Morgan fingerprint density at radius 2 is 1.70 bits per heavy atom. The highest BCUT2D eigenvalue weighted by molar-refractivity contribution is 5.86. The van der Waals surface area contributed by atoms with Crippen LogP contribution < -0.4 is 0 Å². The Labute approximate surface area is 177 Å². The van der Waals surface area contributed by atoms with Crippen molar-refractivity contribution in [1.29, 1.82) is 0 Å². The van der Waals surface area contributed by atoms with Crippen molar-refractivity contribution in [3.63, 3.8) is 0 Å². The number of carbonyl (C=O) groups is 1. The monoisotopic (exact) mass is 394 g/mol. The highest BCUT2D eigenvalue weighted by Gasteiger charge is 2.34. The third kappa shape index (κ3) is 3.41. The number of rotatable bonds is 4. The Morgan fingerprint density at radius 3 is 2.50 bits per heavy atom. The van der Waals surface area contributed by atoms with Crippen LogP contribution in [0.15, 0.2) is 78.9 Å². The average Bonchev–Trinajstić information content (AvgIpc) is 3.17. The van der Waals surface area contributed by atoms with Crippen LogP contribution in [-0.4, -0.2) is 22.3 Å². The number of para-hydroxylation sites is 1. The van der Waals surface area contributed by atoms with Crippen molar-refractivity contribution >= 4 is 16.8 Å². The lowest BCUT2D eigenvalue weighted by molar-refractivity contribution is -0.133. The van der Waals surface area contributed by atoms with E-state index in [0.29, 0.717) is 6.42 Å². The molecule has 0 saturated heterocycles. The molecule has 0 unspecified atom stereocenters. The quantitative estimate of drug-likeness (QED) is 0.482. The fourth-order valence-electron chi connectivity index (χ4n) is 4.64. The zero-order valence-electron chi connectivity index (χ0n) is 17.3. The van der Waals surface area contributed by atoms with Crippen molar-refractivity contribution in [1.82, 2.24) is 9.88 Å². The lowest BCUT2D eigenvalue weighted by Gasteiger charge is -2.36. The molecule has 1 aliphatic heterocycles. The van der Waals surface area contributed by atoms with Crippen LogP contribution in [0.4, 0.5) is 0 Å². The second-order valence-electron chi connectivity index (χ2n) is 8.20. The van der Waals surface area contributed by atoms with Crippen molar-refractivity contribution in [2.75, 3.05) is 6.54 Å². The summed E-state index contributed by atoms with van der Waals surface area (Å²) in [6.07, 6.45) is 2.19. The molecule has 0 fully saturated rings. The van der Waals surface area contributed by atoms with Crippen LogP contribution in [0.5, 0.6) is 0 Å². The number of benzene rings is 3. The van der Waals surface area contributed by atoms with Crippen molar-refractivity contribution in [3.05, 3.63) is 107 Å². The molecule has 3 nitrogen and oxygen atoms in total. The van der Waals surface area contributed by atoms with Gasteiger partial charge in [0.05, 0.1) is 6.04 Å². The number of aromatic amines is 1. The number of carbonyl (C=O) groups excluding carboxylic acids is 1. The summed E-state index contributed by atoms with van der Waals surface area (Å²) in [5, 5.41) is 1.28. The van der Waals surface area contributed by atoms with Crippen molar-refractivity contribution in [2.24, 2.45) is 0 Å². The first-order valence-electron chi connectivity index (χ1n) is 10.7. The summed E-state index contributed by atoms with van der Waals surface area (Å²) in [7, 11) is 0. The van der Waals surface area contributed by atoms with Crippen molar-refractivity contribution in [3.8, 4) is 0 Å². The summed E-state index contributed by atoms with van der Waals surface area (Å²) in [4.78, 5) is 19.1. The molecule has 0 radical (unpaired) electrons. The molecular weight excluding hydrogens is 368 g/mol. The van der Waals surface area contributed by atoms with Gasteiger partial charge in [-0.25, -0.2) is 0 Å². The van der Waals surface area contributed by atoms with Gasteiger partial charge < -0.3 is 9.88 Å². The van der Waals surface area contributed by atoms with Crippen LogP contribution in [0.25, 0.3) is 10.9 Å². The predicted octanol–water partition coefficient (Wildman–Crippen LogP) is 5.58. The molecule has 5 rings (SSSR count). The number of aryl methyl sites for hydroxylation is 2. The standard InChI is InChI=1S/C27H26N2O/c1-19-11-14-21(15-12-19)27-26-23(22-9-5-6-10-24(22)28-26)17-18-29(27)25(30)16-13-20-7-3-2-4-8-20/h2-12,14-15,27-28H,13,16-18H2,1H3/t27-/m1/s1. The topological polar surface area (TPSA) is 36.1 Å². The van der Waals surface area contributed by atoms with E-state index in [4.69, 9.17) is 0 Å². The number of fused-ring (bicyclic) bond motifs is 3. The van der Waals surface area contributed by atoms with Crippen LogP contribution >= 0.6 is 0 Å². The Kier molecular flexibility index (Phi) is 4.88. The van der Waals surface area contributed by atoms with Crippen LogP contribution in [0, 0.1) is 6.92 Å². The number of hydrogen-bond acceptors (Lipinski definition) is 1. The molecular formula is C27H26N2O. The molecule has 0 bridgehead atoms. The van der Waals surface area contributed by atoms with Crippen LogP contribution in [0.3, 0.4) is 0 Å². The van der Waals surface area contributed by atoms with E-state index in [2.05, 4.69) is 77.5 Å². The molecule has 1 amide bonds. The van der Waals surface area contributed by atoms with E-state index in [1.807, 2.05) is 18.2 Å². The predicted molar refractivity (Wildman–Crippen MR) is 122 cm³/mol. The van der Waals surface area contributed by atoms with Gasteiger partial charge in [0.15, 0.2) is 0 Å².